The zero-order valence-corrected chi connectivity index (χ0v) is 15.8. The fourth-order valence-electron chi connectivity index (χ4n) is 8.45. The van der Waals surface area contributed by atoms with E-state index in [4.69, 9.17) is 0 Å². The first-order valence-electron chi connectivity index (χ1n) is 11.1. The van der Waals surface area contributed by atoms with Gasteiger partial charge >= 0.3 is 0 Å². The van der Waals surface area contributed by atoms with Crippen LogP contribution in [-0.2, 0) is 31.3 Å². The Bertz CT molecular complexity index is 861. The number of hydrogen-bond acceptors (Lipinski definition) is 2. The standard InChI is InChI=1S/C25H26N2/c1-3-15-11-19-7-9-21-13-17-5-2-6-18-14-22-10-8-20-12-16(4-1)23(15)25(24(17)18,26(19)21)27(20)22/h1-6,19-22H,7-14H2. The van der Waals surface area contributed by atoms with Crippen LogP contribution in [0.15, 0.2) is 36.4 Å². The van der Waals surface area contributed by atoms with Crippen molar-refractivity contribution in [2.24, 2.45) is 0 Å². The predicted octanol–water partition coefficient (Wildman–Crippen LogP) is 3.78. The van der Waals surface area contributed by atoms with Gasteiger partial charge in [-0.1, -0.05) is 36.4 Å². The molecular formula is C25H26N2. The lowest BCUT2D eigenvalue weighted by atomic mass is 9.65. The molecule has 2 aromatic carbocycles. The van der Waals surface area contributed by atoms with Crippen LogP contribution in [0.5, 0.6) is 0 Å². The molecule has 6 aliphatic heterocycles. The van der Waals surface area contributed by atoms with Crippen LogP contribution in [0.25, 0.3) is 0 Å². The van der Waals surface area contributed by atoms with Crippen LogP contribution in [0.2, 0.25) is 0 Å². The zero-order chi connectivity index (χ0) is 17.3. The van der Waals surface area contributed by atoms with Gasteiger partial charge in [0, 0.05) is 24.2 Å². The Hall–Kier alpha value is -1.64. The molecule has 1 spiro atoms. The zero-order valence-electron chi connectivity index (χ0n) is 15.8. The third kappa shape index (κ3) is 1.43. The molecule has 0 N–H and O–H groups in total. The number of rotatable bonds is 0. The first-order valence-corrected chi connectivity index (χ1v) is 11.1. The van der Waals surface area contributed by atoms with Gasteiger partial charge in [-0.05, 0) is 84.7 Å². The summed E-state index contributed by atoms with van der Waals surface area (Å²) < 4.78 is 0. The normalized spacial score (nSPS) is 40.0. The molecule has 2 fully saturated rings. The number of hydrogen-bond donors (Lipinski definition) is 0. The monoisotopic (exact) mass is 354 g/mol. The van der Waals surface area contributed by atoms with Crippen LogP contribution < -0.4 is 0 Å². The summed E-state index contributed by atoms with van der Waals surface area (Å²) in [4.78, 5) is 6.13. The van der Waals surface area contributed by atoms with Gasteiger partial charge in [0.2, 0.25) is 0 Å². The molecule has 0 radical (unpaired) electrons. The van der Waals surface area contributed by atoms with Gasteiger partial charge in [0.15, 0.2) is 0 Å². The van der Waals surface area contributed by atoms with E-state index in [0.717, 1.165) is 24.2 Å². The van der Waals surface area contributed by atoms with Crippen molar-refractivity contribution >= 4 is 0 Å². The Balaban J connectivity index is 1.59. The summed E-state index contributed by atoms with van der Waals surface area (Å²) in [5.41, 5.74) is 10.2. The lowest BCUT2D eigenvalue weighted by Gasteiger charge is -2.66. The Labute approximate surface area is 161 Å². The van der Waals surface area contributed by atoms with E-state index in [1.54, 1.807) is 33.4 Å². The first kappa shape index (κ1) is 14.4. The van der Waals surface area contributed by atoms with Gasteiger partial charge < -0.3 is 0 Å². The van der Waals surface area contributed by atoms with Crippen LogP contribution in [0, 0.1) is 0 Å². The Morgan fingerprint density at radius 2 is 0.889 bits per heavy atom. The van der Waals surface area contributed by atoms with Crippen molar-refractivity contribution in [2.45, 2.75) is 81.2 Å². The molecule has 136 valence electrons. The van der Waals surface area contributed by atoms with Gasteiger partial charge in [-0.3, -0.25) is 9.80 Å². The van der Waals surface area contributed by atoms with E-state index in [2.05, 4.69) is 46.2 Å². The van der Waals surface area contributed by atoms with Crippen molar-refractivity contribution in [1.29, 1.82) is 0 Å². The van der Waals surface area contributed by atoms with E-state index in [-0.39, 0.29) is 5.66 Å². The molecule has 2 nitrogen and oxygen atoms in total. The van der Waals surface area contributed by atoms with Gasteiger partial charge in [-0.25, -0.2) is 0 Å². The maximum atomic E-state index is 3.06. The van der Waals surface area contributed by atoms with Crippen LogP contribution in [0.3, 0.4) is 0 Å². The lowest BCUT2D eigenvalue weighted by molar-refractivity contribution is -0.120. The summed E-state index contributed by atoms with van der Waals surface area (Å²) in [6.45, 7) is 0. The minimum atomic E-state index is 0.0719. The van der Waals surface area contributed by atoms with Crippen LogP contribution in [0.4, 0.5) is 0 Å². The summed E-state index contributed by atoms with van der Waals surface area (Å²) in [6.07, 6.45) is 10.7. The topological polar surface area (TPSA) is 6.48 Å². The maximum absolute atomic E-state index is 3.06. The van der Waals surface area contributed by atoms with Crippen molar-refractivity contribution in [3.8, 4) is 0 Å². The van der Waals surface area contributed by atoms with Crippen molar-refractivity contribution in [3.05, 3.63) is 69.8 Å². The fraction of sp³-hybridized carbons (Fsp3) is 0.520. The average Bonchev–Trinajstić information content (AvgIpc) is 3.28. The molecule has 2 heteroatoms. The van der Waals surface area contributed by atoms with Gasteiger partial charge in [-0.2, -0.15) is 0 Å². The van der Waals surface area contributed by atoms with E-state index < -0.39 is 0 Å². The maximum Gasteiger partial charge on any atom is 0.128 e. The molecule has 0 aliphatic carbocycles. The number of nitrogens with zero attached hydrogens (tertiary/aromatic N) is 2. The molecule has 0 bridgehead atoms. The van der Waals surface area contributed by atoms with E-state index in [9.17, 15) is 0 Å². The molecule has 6 aliphatic rings. The highest BCUT2D eigenvalue weighted by atomic mass is 15.5. The second-order valence-corrected chi connectivity index (χ2v) is 9.98. The minimum Gasteiger partial charge on any atom is -0.271 e. The van der Waals surface area contributed by atoms with Crippen molar-refractivity contribution in [3.63, 3.8) is 0 Å². The van der Waals surface area contributed by atoms with E-state index in [1.807, 2.05) is 0 Å². The highest BCUT2D eigenvalue weighted by Gasteiger charge is 2.66. The highest BCUT2D eigenvalue weighted by Crippen LogP contribution is 2.62. The Morgan fingerprint density at radius 1 is 0.556 bits per heavy atom. The third-order valence-electron chi connectivity index (χ3n) is 8.98. The smallest absolute Gasteiger partial charge is 0.128 e. The molecule has 4 unspecified atom stereocenters. The number of benzene rings is 2. The van der Waals surface area contributed by atoms with E-state index in [0.29, 0.717) is 0 Å². The van der Waals surface area contributed by atoms with Crippen molar-refractivity contribution < 1.29 is 0 Å². The summed E-state index contributed by atoms with van der Waals surface area (Å²) in [7, 11) is 0. The second-order valence-electron chi connectivity index (χ2n) is 9.98. The first-order chi connectivity index (χ1) is 13.4. The Morgan fingerprint density at radius 3 is 1.22 bits per heavy atom. The summed E-state index contributed by atoms with van der Waals surface area (Å²) in [5, 5.41) is 0. The van der Waals surface area contributed by atoms with E-state index >= 15 is 0 Å². The molecule has 0 amide bonds. The molecule has 0 saturated carbocycles. The largest absolute Gasteiger partial charge is 0.271 e. The van der Waals surface area contributed by atoms with Gasteiger partial charge in [0.1, 0.15) is 5.66 Å². The van der Waals surface area contributed by atoms with Crippen molar-refractivity contribution in [1.82, 2.24) is 9.80 Å². The Kier molecular flexibility index (Phi) is 2.39. The van der Waals surface area contributed by atoms with Gasteiger partial charge in [0.05, 0.1) is 0 Å². The highest BCUT2D eigenvalue weighted by molar-refractivity contribution is 5.60. The van der Waals surface area contributed by atoms with Crippen molar-refractivity contribution in [2.75, 3.05) is 0 Å². The molecule has 8 rings (SSSR count). The lowest BCUT2D eigenvalue weighted by Crippen LogP contribution is -2.73. The van der Waals surface area contributed by atoms with Gasteiger partial charge in [-0.15, -0.1) is 0 Å². The molecular weight excluding hydrogens is 328 g/mol. The minimum absolute atomic E-state index is 0.0719. The summed E-state index contributed by atoms with van der Waals surface area (Å²) >= 11 is 0. The summed E-state index contributed by atoms with van der Waals surface area (Å²) in [6, 6.07) is 17.6. The molecule has 6 heterocycles. The SMILES string of the molecule is c1cc2c3c(c1)CC1CCC4Cc5cccc6c5C3(N3C(CCC3C6)C2)N14. The average molecular weight is 354 g/mol. The molecule has 27 heavy (non-hydrogen) atoms. The fourth-order valence-corrected chi connectivity index (χ4v) is 8.45. The van der Waals surface area contributed by atoms with E-state index in [1.165, 1.54) is 51.4 Å². The van der Waals surface area contributed by atoms with Crippen LogP contribution in [0.1, 0.15) is 59.1 Å². The molecule has 2 aromatic rings. The molecule has 2 saturated heterocycles. The van der Waals surface area contributed by atoms with Crippen LogP contribution in [-0.4, -0.2) is 34.0 Å². The van der Waals surface area contributed by atoms with Gasteiger partial charge in [0.25, 0.3) is 0 Å². The predicted molar refractivity (Wildman–Crippen MR) is 106 cm³/mol. The molecule has 0 aromatic heterocycles. The third-order valence-corrected chi connectivity index (χ3v) is 8.98. The quantitative estimate of drug-likeness (QED) is 0.710. The molecule has 4 atom stereocenters. The second kappa shape index (κ2) is 4.50. The van der Waals surface area contributed by atoms with Crippen LogP contribution >= 0.6 is 0 Å². The summed E-state index contributed by atoms with van der Waals surface area (Å²) in [5.74, 6) is 0.